The minimum absolute atomic E-state index is 0.169. The van der Waals surface area contributed by atoms with E-state index in [0.717, 1.165) is 0 Å². The molecule has 0 saturated carbocycles. The van der Waals surface area contributed by atoms with E-state index in [1.807, 2.05) is 0 Å². The van der Waals surface area contributed by atoms with Crippen LogP contribution < -0.4 is 0 Å². The summed E-state index contributed by atoms with van der Waals surface area (Å²) in [4.78, 5) is 10.1. The van der Waals surface area contributed by atoms with Crippen LogP contribution in [0, 0.1) is 0 Å². The van der Waals surface area contributed by atoms with Gasteiger partial charge in [-0.1, -0.05) is 0 Å². The van der Waals surface area contributed by atoms with Gasteiger partial charge >= 0.3 is 5.97 Å². The van der Waals surface area contributed by atoms with E-state index in [-0.39, 0.29) is 11.5 Å². The predicted octanol–water partition coefficient (Wildman–Crippen LogP) is -2.40. The normalized spacial score (nSPS) is 16.0. The number of benzene rings is 1. The lowest BCUT2D eigenvalue weighted by atomic mass is 10.0. The quantitative estimate of drug-likeness (QED) is 0.275. The third kappa shape index (κ3) is 6.88. The van der Waals surface area contributed by atoms with Crippen molar-refractivity contribution >= 4 is 5.97 Å². The molecular formula is C12H18O9. The summed E-state index contributed by atoms with van der Waals surface area (Å²) in [7, 11) is 0. The Morgan fingerprint density at radius 2 is 1.29 bits per heavy atom. The number of aliphatic hydroxyl groups excluding tert-OH is 5. The lowest BCUT2D eigenvalue weighted by Gasteiger charge is -2.23. The van der Waals surface area contributed by atoms with Crippen LogP contribution in [-0.4, -0.2) is 77.8 Å². The number of carboxylic acid groups (broad SMARTS) is 1. The number of carboxylic acids is 1. The first kappa shape index (κ1) is 19.1. The van der Waals surface area contributed by atoms with Crippen LogP contribution in [0.5, 0.6) is 11.5 Å². The molecule has 0 spiro atoms. The molecule has 8 N–H and O–H groups in total. The van der Waals surface area contributed by atoms with E-state index in [1.165, 1.54) is 24.3 Å². The lowest BCUT2D eigenvalue weighted by Crippen LogP contribution is -2.48. The summed E-state index contributed by atoms with van der Waals surface area (Å²) in [6.07, 6.45) is -7.84. The number of hydrogen-bond acceptors (Lipinski definition) is 8. The standard InChI is InChI=1S/C6H12O7.C6H6O2/c7-1-2(8)3(9)4(10)5(11)6(12)13;7-5-1-2-6(8)4-3-5/h2-5,7-11H,1H2,(H,12,13);1-4,7-8H/t2-,3-,4+,5-;/m1./s1. The molecule has 0 bridgehead atoms. The number of phenolic OH excluding ortho intramolecular Hbond substituents is 2. The summed E-state index contributed by atoms with van der Waals surface area (Å²) in [6, 6.07) is 5.70. The molecule has 0 aliphatic rings. The highest BCUT2D eigenvalue weighted by Gasteiger charge is 2.33. The Bertz CT molecular complexity index is 398. The molecule has 4 atom stereocenters. The van der Waals surface area contributed by atoms with Gasteiger partial charge in [0.1, 0.15) is 29.8 Å². The predicted molar refractivity (Wildman–Crippen MR) is 68.5 cm³/mol. The van der Waals surface area contributed by atoms with Gasteiger partial charge < -0.3 is 40.9 Å². The molecule has 120 valence electrons. The first-order valence-electron chi connectivity index (χ1n) is 5.74. The van der Waals surface area contributed by atoms with Gasteiger partial charge in [0.05, 0.1) is 6.61 Å². The highest BCUT2D eigenvalue weighted by Crippen LogP contribution is 2.13. The third-order valence-corrected chi connectivity index (χ3v) is 2.36. The molecule has 1 aromatic carbocycles. The summed E-state index contributed by atoms with van der Waals surface area (Å²) in [6.45, 7) is -0.843. The van der Waals surface area contributed by atoms with E-state index in [4.69, 9.17) is 40.9 Å². The van der Waals surface area contributed by atoms with Gasteiger partial charge in [0, 0.05) is 0 Å². The first-order valence-corrected chi connectivity index (χ1v) is 5.74. The molecule has 0 aliphatic carbocycles. The molecule has 0 aromatic heterocycles. The average molecular weight is 306 g/mol. The number of rotatable bonds is 5. The Kier molecular flexibility index (Phi) is 8.28. The molecule has 0 heterocycles. The van der Waals surface area contributed by atoms with Crippen molar-refractivity contribution in [1.82, 2.24) is 0 Å². The highest BCUT2D eigenvalue weighted by atomic mass is 16.4. The summed E-state index contributed by atoms with van der Waals surface area (Å²) in [5, 5.41) is 69.1. The van der Waals surface area contributed by atoms with Crippen LogP contribution in [0.25, 0.3) is 0 Å². The summed E-state index contributed by atoms with van der Waals surface area (Å²) >= 11 is 0. The fraction of sp³-hybridized carbons (Fsp3) is 0.417. The molecule has 1 aromatic rings. The maximum atomic E-state index is 10.1. The molecule has 0 aliphatic heterocycles. The van der Waals surface area contributed by atoms with Crippen molar-refractivity contribution in [2.75, 3.05) is 6.61 Å². The van der Waals surface area contributed by atoms with Crippen LogP contribution in [-0.2, 0) is 4.79 Å². The fourth-order valence-electron chi connectivity index (χ4n) is 1.12. The number of aromatic hydroxyl groups is 2. The van der Waals surface area contributed by atoms with Gasteiger partial charge in [0.25, 0.3) is 0 Å². The smallest absolute Gasteiger partial charge is 0.335 e. The molecule has 0 fully saturated rings. The Morgan fingerprint density at radius 3 is 1.57 bits per heavy atom. The van der Waals surface area contributed by atoms with Gasteiger partial charge in [-0.25, -0.2) is 4.79 Å². The molecule has 1 rings (SSSR count). The van der Waals surface area contributed by atoms with E-state index < -0.39 is 37.0 Å². The lowest BCUT2D eigenvalue weighted by molar-refractivity contribution is -0.164. The van der Waals surface area contributed by atoms with E-state index in [2.05, 4.69) is 0 Å². The third-order valence-electron chi connectivity index (χ3n) is 2.36. The monoisotopic (exact) mass is 306 g/mol. The Morgan fingerprint density at radius 1 is 0.905 bits per heavy atom. The van der Waals surface area contributed by atoms with Gasteiger partial charge in [-0.05, 0) is 24.3 Å². The van der Waals surface area contributed by atoms with Crippen molar-refractivity contribution in [2.45, 2.75) is 24.4 Å². The number of hydrogen-bond donors (Lipinski definition) is 8. The first-order chi connectivity index (χ1) is 9.70. The van der Waals surface area contributed by atoms with Crippen LogP contribution in [0.3, 0.4) is 0 Å². The van der Waals surface area contributed by atoms with Crippen LogP contribution in [0.15, 0.2) is 24.3 Å². The van der Waals surface area contributed by atoms with Crippen LogP contribution >= 0.6 is 0 Å². The SMILES string of the molecule is O=C(O)[C@H](O)[C@@H](O)[C@H](O)[C@H](O)CO.Oc1ccc(O)cc1. The summed E-state index contributed by atoms with van der Waals surface area (Å²) in [5.41, 5.74) is 0. The second kappa shape index (κ2) is 9.10. The van der Waals surface area contributed by atoms with Crippen molar-refractivity contribution in [3.63, 3.8) is 0 Å². The Labute approximate surface area is 119 Å². The van der Waals surface area contributed by atoms with E-state index >= 15 is 0 Å². The molecule has 0 unspecified atom stereocenters. The van der Waals surface area contributed by atoms with Gasteiger partial charge in [-0.3, -0.25) is 0 Å². The maximum absolute atomic E-state index is 10.1. The minimum Gasteiger partial charge on any atom is -0.508 e. The maximum Gasteiger partial charge on any atom is 0.335 e. The second-order valence-corrected chi connectivity index (χ2v) is 4.03. The largest absolute Gasteiger partial charge is 0.508 e. The van der Waals surface area contributed by atoms with Gasteiger partial charge in [0.15, 0.2) is 6.10 Å². The molecule has 9 heteroatoms. The molecule has 0 saturated heterocycles. The number of phenols is 2. The minimum atomic E-state index is -2.20. The van der Waals surface area contributed by atoms with Crippen molar-refractivity contribution < 1.29 is 45.6 Å². The summed E-state index contributed by atoms with van der Waals surface area (Å²) < 4.78 is 0. The molecule has 0 radical (unpaired) electrons. The van der Waals surface area contributed by atoms with Crippen molar-refractivity contribution in [1.29, 1.82) is 0 Å². The van der Waals surface area contributed by atoms with E-state index in [0.29, 0.717) is 0 Å². The van der Waals surface area contributed by atoms with E-state index in [1.54, 1.807) is 0 Å². The van der Waals surface area contributed by atoms with Crippen LogP contribution in [0.4, 0.5) is 0 Å². The number of aliphatic hydroxyl groups is 5. The van der Waals surface area contributed by atoms with E-state index in [9.17, 15) is 4.79 Å². The zero-order chi connectivity index (χ0) is 16.6. The van der Waals surface area contributed by atoms with Crippen molar-refractivity contribution in [3.8, 4) is 11.5 Å². The molecule has 9 nitrogen and oxygen atoms in total. The zero-order valence-electron chi connectivity index (χ0n) is 10.8. The molecule has 21 heavy (non-hydrogen) atoms. The topological polar surface area (TPSA) is 179 Å². The Hall–Kier alpha value is -1.91. The molecular weight excluding hydrogens is 288 g/mol. The van der Waals surface area contributed by atoms with Crippen LogP contribution in [0.1, 0.15) is 0 Å². The summed E-state index contributed by atoms with van der Waals surface area (Å²) in [5.74, 6) is -1.39. The highest BCUT2D eigenvalue weighted by molar-refractivity contribution is 5.72. The number of carbonyl (C=O) groups is 1. The Balaban J connectivity index is 0.000000423. The number of aliphatic carboxylic acids is 1. The zero-order valence-corrected chi connectivity index (χ0v) is 10.8. The van der Waals surface area contributed by atoms with Crippen molar-refractivity contribution in [3.05, 3.63) is 24.3 Å². The van der Waals surface area contributed by atoms with Gasteiger partial charge in [-0.15, -0.1) is 0 Å². The van der Waals surface area contributed by atoms with Crippen LogP contribution in [0.2, 0.25) is 0 Å². The fourth-order valence-corrected chi connectivity index (χ4v) is 1.12. The van der Waals surface area contributed by atoms with Crippen molar-refractivity contribution in [2.24, 2.45) is 0 Å². The van der Waals surface area contributed by atoms with Gasteiger partial charge in [-0.2, -0.15) is 0 Å². The van der Waals surface area contributed by atoms with Gasteiger partial charge in [0.2, 0.25) is 0 Å². The average Bonchev–Trinajstić information content (AvgIpc) is 2.47. The molecule has 0 amide bonds. The second-order valence-electron chi connectivity index (χ2n) is 4.03.